The Balaban J connectivity index is 1.79. The molecule has 2 rings (SSSR count). The highest BCUT2D eigenvalue weighted by atomic mass is 16.2. The summed E-state index contributed by atoms with van der Waals surface area (Å²) in [6.45, 7) is 10.7. The fraction of sp³-hybridized carbons (Fsp3) is 0.750. The highest BCUT2D eigenvalue weighted by Gasteiger charge is 2.21. The molecule has 0 radical (unpaired) electrons. The van der Waals surface area contributed by atoms with Crippen LogP contribution in [0.5, 0.6) is 0 Å². The van der Waals surface area contributed by atoms with Gasteiger partial charge in [-0.1, -0.05) is 6.92 Å². The van der Waals surface area contributed by atoms with Gasteiger partial charge in [-0.2, -0.15) is 5.10 Å². The second kappa shape index (κ2) is 7.74. The van der Waals surface area contributed by atoms with Crippen LogP contribution in [-0.4, -0.2) is 53.3 Å². The number of carbonyl (C=O) groups is 1. The van der Waals surface area contributed by atoms with E-state index in [1.165, 1.54) is 12.8 Å². The summed E-state index contributed by atoms with van der Waals surface area (Å²) in [5, 5.41) is 10.8. The van der Waals surface area contributed by atoms with Gasteiger partial charge in [0.05, 0.1) is 23.6 Å². The normalized spacial score (nSPS) is 16.9. The summed E-state index contributed by atoms with van der Waals surface area (Å²) in [5.41, 5.74) is 2.72. The molecule has 0 bridgehead atoms. The average Bonchev–Trinajstić information content (AvgIpc) is 2.73. The first-order valence-corrected chi connectivity index (χ1v) is 8.24. The fourth-order valence-corrected chi connectivity index (χ4v) is 3.03. The first-order chi connectivity index (χ1) is 10.5. The number of likely N-dealkylation sites (tertiary alicyclic amines) is 1. The van der Waals surface area contributed by atoms with Crippen molar-refractivity contribution in [3.8, 4) is 0 Å². The Labute approximate surface area is 133 Å². The third kappa shape index (κ3) is 4.30. The summed E-state index contributed by atoms with van der Waals surface area (Å²) >= 11 is 0. The number of amides is 1. The van der Waals surface area contributed by atoms with Gasteiger partial charge in [0.25, 0.3) is 0 Å². The Hall–Kier alpha value is -1.40. The quantitative estimate of drug-likeness (QED) is 0.831. The van der Waals surface area contributed by atoms with E-state index >= 15 is 0 Å². The molecule has 6 nitrogen and oxygen atoms in total. The van der Waals surface area contributed by atoms with Crippen molar-refractivity contribution in [2.45, 2.75) is 33.6 Å². The van der Waals surface area contributed by atoms with Crippen LogP contribution in [0.3, 0.4) is 0 Å². The largest absolute Gasteiger partial charge is 0.322 e. The van der Waals surface area contributed by atoms with Crippen LogP contribution in [0.1, 0.15) is 31.2 Å². The van der Waals surface area contributed by atoms with Gasteiger partial charge < -0.3 is 10.6 Å². The van der Waals surface area contributed by atoms with Gasteiger partial charge in [-0.3, -0.25) is 14.4 Å². The number of hydrogen-bond donors (Lipinski definition) is 2. The van der Waals surface area contributed by atoms with Gasteiger partial charge in [0.15, 0.2) is 0 Å². The van der Waals surface area contributed by atoms with E-state index in [2.05, 4.69) is 27.6 Å². The molecule has 0 atom stereocenters. The van der Waals surface area contributed by atoms with Gasteiger partial charge in [-0.05, 0) is 58.8 Å². The third-order valence-electron chi connectivity index (χ3n) is 4.53. The van der Waals surface area contributed by atoms with Crippen LogP contribution >= 0.6 is 0 Å². The molecule has 1 aromatic heterocycles. The van der Waals surface area contributed by atoms with Gasteiger partial charge in [0.1, 0.15) is 0 Å². The van der Waals surface area contributed by atoms with Crippen LogP contribution in [0.2, 0.25) is 0 Å². The van der Waals surface area contributed by atoms with Gasteiger partial charge in [-0.15, -0.1) is 0 Å². The first kappa shape index (κ1) is 17.0. The van der Waals surface area contributed by atoms with Crippen LogP contribution in [0, 0.1) is 19.8 Å². The Kier molecular flexibility index (Phi) is 5.97. The molecule has 1 amide bonds. The molecule has 1 saturated heterocycles. The minimum absolute atomic E-state index is 0.0596. The first-order valence-electron chi connectivity index (χ1n) is 8.24. The molecular weight excluding hydrogens is 278 g/mol. The Morgan fingerprint density at radius 1 is 1.32 bits per heavy atom. The number of aromatic nitrogens is 2. The van der Waals surface area contributed by atoms with E-state index in [1.54, 1.807) is 4.68 Å². The van der Waals surface area contributed by atoms with Crippen molar-refractivity contribution in [1.82, 2.24) is 20.0 Å². The molecule has 1 aliphatic heterocycles. The minimum Gasteiger partial charge on any atom is -0.322 e. The Morgan fingerprint density at radius 3 is 2.55 bits per heavy atom. The highest BCUT2D eigenvalue weighted by molar-refractivity contribution is 5.93. The Bertz CT molecular complexity index is 503. The van der Waals surface area contributed by atoms with Crippen LogP contribution in [0.15, 0.2) is 0 Å². The summed E-state index contributed by atoms with van der Waals surface area (Å²) in [5.74, 6) is 0.811. The SMILES string of the molecule is CCNCC1CCN(CC(=O)Nc2c(C)nn(C)c2C)CC1. The molecule has 0 saturated carbocycles. The van der Waals surface area contributed by atoms with Crippen molar-refractivity contribution in [1.29, 1.82) is 0 Å². The zero-order valence-electron chi connectivity index (χ0n) is 14.3. The molecule has 124 valence electrons. The Morgan fingerprint density at radius 2 is 2.00 bits per heavy atom. The van der Waals surface area contributed by atoms with E-state index < -0.39 is 0 Å². The lowest BCUT2D eigenvalue weighted by Crippen LogP contribution is -2.41. The van der Waals surface area contributed by atoms with E-state index in [1.807, 2.05) is 20.9 Å². The minimum atomic E-state index is 0.0596. The molecule has 0 aliphatic carbocycles. The van der Waals surface area contributed by atoms with Crippen LogP contribution < -0.4 is 10.6 Å². The third-order valence-corrected chi connectivity index (χ3v) is 4.53. The average molecular weight is 307 g/mol. The lowest BCUT2D eigenvalue weighted by Gasteiger charge is -2.31. The standard InChI is InChI=1S/C16H29N5O/c1-5-17-10-14-6-8-21(9-7-14)11-15(22)18-16-12(2)19-20(4)13(16)3/h14,17H,5-11H2,1-4H3,(H,18,22). The molecule has 0 spiro atoms. The van der Waals surface area contributed by atoms with Gasteiger partial charge in [0.2, 0.25) is 5.91 Å². The molecule has 1 fully saturated rings. The van der Waals surface area contributed by atoms with Crippen LogP contribution in [0.25, 0.3) is 0 Å². The zero-order valence-corrected chi connectivity index (χ0v) is 14.3. The van der Waals surface area contributed by atoms with Crippen molar-refractivity contribution < 1.29 is 4.79 Å². The summed E-state index contributed by atoms with van der Waals surface area (Å²) in [4.78, 5) is 14.5. The fourth-order valence-electron chi connectivity index (χ4n) is 3.03. The van der Waals surface area contributed by atoms with Crippen LogP contribution in [-0.2, 0) is 11.8 Å². The number of carbonyl (C=O) groups excluding carboxylic acids is 1. The van der Waals surface area contributed by atoms with E-state index in [0.717, 1.165) is 49.2 Å². The van der Waals surface area contributed by atoms with E-state index in [0.29, 0.717) is 6.54 Å². The molecule has 2 heterocycles. The summed E-state index contributed by atoms with van der Waals surface area (Å²) in [6.07, 6.45) is 2.34. The summed E-state index contributed by atoms with van der Waals surface area (Å²) < 4.78 is 1.80. The van der Waals surface area contributed by atoms with Crippen molar-refractivity contribution in [2.75, 3.05) is 38.0 Å². The molecule has 6 heteroatoms. The number of nitrogens with zero attached hydrogens (tertiary/aromatic N) is 3. The smallest absolute Gasteiger partial charge is 0.238 e. The molecular formula is C16H29N5O. The number of piperidine rings is 1. The predicted molar refractivity (Wildman–Crippen MR) is 89.0 cm³/mol. The number of anilines is 1. The maximum atomic E-state index is 12.2. The second-order valence-electron chi connectivity index (χ2n) is 6.24. The molecule has 1 aromatic rings. The van der Waals surface area contributed by atoms with Crippen molar-refractivity contribution in [3.05, 3.63) is 11.4 Å². The molecule has 1 aliphatic rings. The lowest BCUT2D eigenvalue weighted by atomic mass is 9.97. The van der Waals surface area contributed by atoms with Gasteiger partial charge in [-0.25, -0.2) is 0 Å². The molecule has 0 unspecified atom stereocenters. The van der Waals surface area contributed by atoms with E-state index in [4.69, 9.17) is 0 Å². The van der Waals surface area contributed by atoms with Crippen molar-refractivity contribution in [2.24, 2.45) is 13.0 Å². The maximum Gasteiger partial charge on any atom is 0.238 e. The highest BCUT2D eigenvalue weighted by Crippen LogP contribution is 2.19. The predicted octanol–water partition coefficient (Wildman–Crippen LogP) is 1.30. The number of rotatable bonds is 6. The number of nitrogens with one attached hydrogen (secondary N) is 2. The van der Waals surface area contributed by atoms with Gasteiger partial charge in [0, 0.05) is 7.05 Å². The van der Waals surface area contributed by atoms with E-state index in [-0.39, 0.29) is 5.91 Å². The van der Waals surface area contributed by atoms with Crippen molar-refractivity contribution in [3.63, 3.8) is 0 Å². The molecule has 22 heavy (non-hydrogen) atoms. The van der Waals surface area contributed by atoms with Crippen molar-refractivity contribution >= 4 is 11.6 Å². The summed E-state index contributed by atoms with van der Waals surface area (Å²) in [6, 6.07) is 0. The lowest BCUT2D eigenvalue weighted by molar-refractivity contribution is -0.117. The van der Waals surface area contributed by atoms with Crippen LogP contribution in [0.4, 0.5) is 5.69 Å². The molecule has 2 N–H and O–H groups in total. The number of aryl methyl sites for hydroxylation is 2. The maximum absolute atomic E-state index is 12.2. The molecule has 0 aromatic carbocycles. The van der Waals surface area contributed by atoms with Gasteiger partial charge >= 0.3 is 0 Å². The second-order valence-corrected chi connectivity index (χ2v) is 6.24. The monoisotopic (exact) mass is 307 g/mol. The van der Waals surface area contributed by atoms with E-state index in [9.17, 15) is 4.79 Å². The zero-order chi connectivity index (χ0) is 16.1. The summed E-state index contributed by atoms with van der Waals surface area (Å²) in [7, 11) is 1.90. The topological polar surface area (TPSA) is 62.2 Å². The number of hydrogen-bond acceptors (Lipinski definition) is 4.